The maximum atomic E-state index is 5.61. The second-order valence-corrected chi connectivity index (χ2v) is 3.83. The van der Waals surface area contributed by atoms with Crippen molar-refractivity contribution >= 4 is 11.6 Å². The van der Waals surface area contributed by atoms with E-state index in [1.54, 1.807) is 6.07 Å². The highest BCUT2D eigenvalue weighted by Gasteiger charge is 2.24. The van der Waals surface area contributed by atoms with Crippen molar-refractivity contribution in [2.45, 2.75) is 12.8 Å². The van der Waals surface area contributed by atoms with E-state index in [0.29, 0.717) is 12.4 Å². The number of terminal acetylenes is 1. The minimum atomic E-state index is 0.484. The van der Waals surface area contributed by atoms with Crippen LogP contribution in [0.15, 0.2) is 12.4 Å². The van der Waals surface area contributed by atoms with Gasteiger partial charge >= 0.3 is 0 Å². The van der Waals surface area contributed by atoms with Crippen LogP contribution in [0.25, 0.3) is 0 Å². The summed E-state index contributed by atoms with van der Waals surface area (Å²) in [5.74, 6) is 4.73. The number of anilines is 2. The van der Waals surface area contributed by atoms with Gasteiger partial charge < -0.3 is 10.6 Å². The zero-order valence-corrected chi connectivity index (χ0v) is 8.56. The molecule has 1 aromatic heterocycles. The monoisotopic (exact) mass is 202 g/mol. The molecule has 1 heterocycles. The number of rotatable bonds is 4. The van der Waals surface area contributed by atoms with Gasteiger partial charge in [-0.05, 0) is 18.8 Å². The molecule has 15 heavy (non-hydrogen) atoms. The molecule has 0 amide bonds. The van der Waals surface area contributed by atoms with Gasteiger partial charge in [0, 0.05) is 12.6 Å². The van der Waals surface area contributed by atoms with Crippen LogP contribution in [0.4, 0.5) is 11.6 Å². The minimum Gasteiger partial charge on any atom is -0.384 e. The number of aromatic nitrogens is 2. The molecule has 0 aromatic carbocycles. The van der Waals surface area contributed by atoms with Crippen LogP contribution in [0.3, 0.4) is 0 Å². The van der Waals surface area contributed by atoms with E-state index in [-0.39, 0.29) is 0 Å². The second kappa shape index (κ2) is 4.18. The molecule has 78 valence electrons. The molecule has 1 aliphatic rings. The molecule has 4 heteroatoms. The summed E-state index contributed by atoms with van der Waals surface area (Å²) >= 11 is 0. The van der Waals surface area contributed by atoms with Gasteiger partial charge in [-0.25, -0.2) is 9.97 Å². The molecule has 2 rings (SSSR count). The minimum absolute atomic E-state index is 0.484. The molecular formula is C11H14N4. The molecule has 0 radical (unpaired) electrons. The third kappa shape index (κ3) is 2.59. The lowest BCUT2D eigenvalue weighted by molar-refractivity contribution is 0.753. The Morgan fingerprint density at radius 1 is 1.53 bits per heavy atom. The predicted molar refractivity (Wildman–Crippen MR) is 60.2 cm³/mol. The van der Waals surface area contributed by atoms with E-state index < -0.39 is 0 Å². The molecule has 1 fully saturated rings. The van der Waals surface area contributed by atoms with Gasteiger partial charge in [-0.2, -0.15) is 0 Å². The highest BCUT2D eigenvalue weighted by Crippen LogP contribution is 2.30. The molecule has 0 saturated heterocycles. The molecular weight excluding hydrogens is 188 g/mol. The predicted octanol–water partition coefficient (Wildman–Crippen LogP) is 0.908. The number of hydrogen-bond donors (Lipinski definition) is 1. The van der Waals surface area contributed by atoms with Crippen LogP contribution in [0.2, 0.25) is 0 Å². The van der Waals surface area contributed by atoms with Crippen molar-refractivity contribution in [1.82, 2.24) is 9.97 Å². The lowest BCUT2D eigenvalue weighted by Gasteiger charge is -2.20. The molecule has 4 nitrogen and oxygen atoms in total. The molecule has 2 N–H and O–H groups in total. The smallest absolute Gasteiger partial charge is 0.134 e. The second-order valence-electron chi connectivity index (χ2n) is 3.83. The number of nitrogens with zero attached hydrogens (tertiary/aromatic N) is 3. The summed E-state index contributed by atoms with van der Waals surface area (Å²) in [6, 6.07) is 1.76. The van der Waals surface area contributed by atoms with E-state index in [1.807, 2.05) is 0 Å². The van der Waals surface area contributed by atoms with Crippen LogP contribution in [-0.2, 0) is 0 Å². The van der Waals surface area contributed by atoms with E-state index in [9.17, 15) is 0 Å². The third-order valence-electron chi connectivity index (χ3n) is 2.46. The fourth-order valence-corrected chi connectivity index (χ4v) is 1.50. The summed E-state index contributed by atoms with van der Waals surface area (Å²) in [5.41, 5.74) is 5.61. The summed E-state index contributed by atoms with van der Waals surface area (Å²) in [4.78, 5) is 10.1. The van der Waals surface area contributed by atoms with Gasteiger partial charge in [-0.15, -0.1) is 6.42 Å². The summed E-state index contributed by atoms with van der Waals surface area (Å²) in [6.45, 7) is 1.55. The summed E-state index contributed by atoms with van der Waals surface area (Å²) in [7, 11) is 0. The average molecular weight is 202 g/mol. The number of nitrogen functional groups attached to an aromatic ring is 1. The zero-order chi connectivity index (χ0) is 10.7. The first-order valence-corrected chi connectivity index (χ1v) is 5.05. The first-order chi connectivity index (χ1) is 7.29. The zero-order valence-electron chi connectivity index (χ0n) is 8.56. The fraction of sp³-hybridized carbons (Fsp3) is 0.455. The van der Waals surface area contributed by atoms with Crippen LogP contribution in [0.5, 0.6) is 0 Å². The van der Waals surface area contributed by atoms with Crippen molar-refractivity contribution < 1.29 is 0 Å². The SMILES string of the molecule is C#CCN(CC1CC1)c1cc(N)ncn1. The molecule has 0 spiro atoms. The quantitative estimate of drug-likeness (QED) is 0.737. The summed E-state index contributed by atoms with van der Waals surface area (Å²) < 4.78 is 0. The van der Waals surface area contributed by atoms with Crippen molar-refractivity contribution in [3.63, 3.8) is 0 Å². The maximum absolute atomic E-state index is 5.61. The Balaban J connectivity index is 2.11. The van der Waals surface area contributed by atoms with Crippen LogP contribution in [0, 0.1) is 18.3 Å². The standard InChI is InChI=1S/C11H14N4/c1-2-5-15(7-9-3-4-9)11-6-10(12)13-8-14-11/h1,6,8-9H,3-5,7H2,(H2,12,13,14). The van der Waals surface area contributed by atoms with Gasteiger partial charge in [0.25, 0.3) is 0 Å². The third-order valence-corrected chi connectivity index (χ3v) is 2.46. The summed E-state index contributed by atoms with van der Waals surface area (Å²) in [6.07, 6.45) is 9.39. The Hall–Kier alpha value is -1.76. The Morgan fingerprint density at radius 2 is 2.33 bits per heavy atom. The molecule has 1 saturated carbocycles. The molecule has 0 bridgehead atoms. The number of hydrogen-bond acceptors (Lipinski definition) is 4. The van der Waals surface area contributed by atoms with E-state index >= 15 is 0 Å². The average Bonchev–Trinajstić information content (AvgIpc) is 3.01. The molecule has 0 aliphatic heterocycles. The molecule has 1 aromatic rings. The van der Waals surface area contributed by atoms with Crippen LogP contribution in [0.1, 0.15) is 12.8 Å². The summed E-state index contributed by atoms with van der Waals surface area (Å²) in [5, 5.41) is 0. The largest absolute Gasteiger partial charge is 0.384 e. The first-order valence-electron chi connectivity index (χ1n) is 5.05. The first kappa shape index (κ1) is 9.78. The fourth-order valence-electron chi connectivity index (χ4n) is 1.50. The van der Waals surface area contributed by atoms with Gasteiger partial charge in [0.1, 0.15) is 18.0 Å². The van der Waals surface area contributed by atoms with Gasteiger partial charge in [-0.3, -0.25) is 0 Å². The van der Waals surface area contributed by atoms with Gasteiger partial charge in [-0.1, -0.05) is 5.92 Å². The van der Waals surface area contributed by atoms with Crippen molar-refractivity contribution in [1.29, 1.82) is 0 Å². The highest BCUT2D eigenvalue weighted by atomic mass is 15.2. The highest BCUT2D eigenvalue weighted by molar-refractivity contribution is 5.46. The Kier molecular flexibility index (Phi) is 2.72. The van der Waals surface area contributed by atoms with E-state index in [4.69, 9.17) is 12.2 Å². The van der Waals surface area contributed by atoms with Crippen molar-refractivity contribution in [3.05, 3.63) is 12.4 Å². The van der Waals surface area contributed by atoms with Crippen LogP contribution in [-0.4, -0.2) is 23.1 Å². The maximum Gasteiger partial charge on any atom is 0.134 e. The van der Waals surface area contributed by atoms with Gasteiger partial charge in [0.05, 0.1) is 6.54 Å². The normalized spacial score (nSPS) is 14.6. The molecule has 0 unspecified atom stereocenters. The van der Waals surface area contributed by atoms with Gasteiger partial charge in [0.2, 0.25) is 0 Å². The molecule has 0 atom stereocenters. The van der Waals surface area contributed by atoms with Crippen LogP contribution >= 0.6 is 0 Å². The van der Waals surface area contributed by atoms with E-state index in [2.05, 4.69) is 20.8 Å². The molecule has 1 aliphatic carbocycles. The van der Waals surface area contributed by atoms with E-state index in [0.717, 1.165) is 18.3 Å². The van der Waals surface area contributed by atoms with Crippen molar-refractivity contribution in [3.8, 4) is 12.3 Å². The lowest BCUT2D eigenvalue weighted by atomic mass is 10.3. The van der Waals surface area contributed by atoms with E-state index in [1.165, 1.54) is 19.2 Å². The Morgan fingerprint density at radius 3 is 2.93 bits per heavy atom. The lowest BCUT2D eigenvalue weighted by Crippen LogP contribution is -2.27. The Labute approximate surface area is 89.5 Å². The van der Waals surface area contributed by atoms with Gasteiger partial charge in [0.15, 0.2) is 0 Å². The van der Waals surface area contributed by atoms with Crippen LogP contribution < -0.4 is 10.6 Å². The van der Waals surface area contributed by atoms with Crippen molar-refractivity contribution in [2.75, 3.05) is 23.7 Å². The topological polar surface area (TPSA) is 55.0 Å². The van der Waals surface area contributed by atoms with Crippen molar-refractivity contribution in [2.24, 2.45) is 5.92 Å². The number of nitrogens with two attached hydrogens (primary N) is 1. The Bertz CT molecular complexity index is 378.